The van der Waals surface area contributed by atoms with Crippen molar-refractivity contribution < 1.29 is 23.9 Å². The summed E-state index contributed by atoms with van der Waals surface area (Å²) in [5.74, 6) is -0.715. The van der Waals surface area contributed by atoms with Gasteiger partial charge < -0.3 is 14.8 Å². The molecule has 0 saturated carbocycles. The van der Waals surface area contributed by atoms with Gasteiger partial charge >= 0.3 is 12.2 Å². The van der Waals surface area contributed by atoms with Crippen LogP contribution in [0.4, 0.5) is 9.59 Å². The SMILES string of the molecule is C[C@H](CCNC(=O)OC(C)(C)C)C(=O)N1C(=O)OC[C@@H]1Cc1ccccc1. The van der Waals surface area contributed by atoms with Crippen LogP contribution in [0.2, 0.25) is 0 Å². The van der Waals surface area contributed by atoms with E-state index in [0.29, 0.717) is 12.8 Å². The van der Waals surface area contributed by atoms with Gasteiger partial charge in [-0.05, 0) is 39.2 Å². The van der Waals surface area contributed by atoms with Crippen molar-refractivity contribution in [2.75, 3.05) is 13.2 Å². The maximum atomic E-state index is 12.7. The van der Waals surface area contributed by atoms with Crippen molar-refractivity contribution >= 4 is 18.1 Å². The first-order chi connectivity index (χ1) is 12.7. The molecule has 0 bridgehead atoms. The molecule has 1 aliphatic rings. The summed E-state index contributed by atoms with van der Waals surface area (Å²) in [6, 6.07) is 9.37. The maximum Gasteiger partial charge on any atom is 0.416 e. The number of nitrogens with zero attached hydrogens (tertiary/aromatic N) is 1. The molecular weight excluding hydrogens is 348 g/mol. The fraction of sp³-hybridized carbons (Fsp3) is 0.550. The molecule has 1 heterocycles. The van der Waals surface area contributed by atoms with Crippen LogP contribution in [0, 0.1) is 5.92 Å². The zero-order chi connectivity index (χ0) is 20.0. The highest BCUT2D eigenvalue weighted by atomic mass is 16.6. The Labute approximate surface area is 160 Å². The van der Waals surface area contributed by atoms with E-state index >= 15 is 0 Å². The first-order valence-corrected chi connectivity index (χ1v) is 9.18. The Kier molecular flexibility index (Phi) is 6.82. The highest BCUT2D eigenvalue weighted by Crippen LogP contribution is 2.21. The quantitative estimate of drug-likeness (QED) is 0.824. The smallest absolute Gasteiger partial charge is 0.416 e. The molecule has 2 rings (SSSR count). The normalized spacial score (nSPS) is 18.0. The second-order valence-corrected chi connectivity index (χ2v) is 7.75. The van der Waals surface area contributed by atoms with E-state index in [1.807, 2.05) is 30.3 Å². The lowest BCUT2D eigenvalue weighted by atomic mass is 10.0. The summed E-state index contributed by atoms with van der Waals surface area (Å²) in [6.07, 6.45) is -0.168. The van der Waals surface area contributed by atoms with Crippen LogP contribution in [-0.2, 0) is 20.7 Å². The molecular formula is C20H28N2O5. The van der Waals surface area contributed by atoms with Crippen LogP contribution in [0.15, 0.2) is 30.3 Å². The second-order valence-electron chi connectivity index (χ2n) is 7.75. The molecule has 148 valence electrons. The lowest BCUT2D eigenvalue weighted by Gasteiger charge is -2.23. The van der Waals surface area contributed by atoms with Crippen molar-refractivity contribution in [3.63, 3.8) is 0 Å². The van der Waals surface area contributed by atoms with Crippen LogP contribution in [0.1, 0.15) is 39.7 Å². The molecule has 0 radical (unpaired) electrons. The number of benzene rings is 1. The monoisotopic (exact) mass is 376 g/mol. The average molecular weight is 376 g/mol. The number of ether oxygens (including phenoxy) is 2. The highest BCUT2D eigenvalue weighted by Gasteiger charge is 2.39. The van der Waals surface area contributed by atoms with Gasteiger partial charge in [0.1, 0.15) is 12.2 Å². The third kappa shape index (κ3) is 6.27. The summed E-state index contributed by atoms with van der Waals surface area (Å²) in [5, 5.41) is 2.63. The molecule has 7 heteroatoms. The average Bonchev–Trinajstić information content (AvgIpc) is 2.93. The van der Waals surface area contributed by atoms with Gasteiger partial charge in [0.05, 0.1) is 6.04 Å². The van der Waals surface area contributed by atoms with Crippen molar-refractivity contribution in [3.8, 4) is 0 Å². The number of hydrogen-bond acceptors (Lipinski definition) is 5. The van der Waals surface area contributed by atoms with Gasteiger partial charge in [-0.25, -0.2) is 14.5 Å². The van der Waals surface area contributed by atoms with E-state index < -0.39 is 23.7 Å². The van der Waals surface area contributed by atoms with E-state index in [4.69, 9.17) is 9.47 Å². The second kappa shape index (κ2) is 8.88. The van der Waals surface area contributed by atoms with Gasteiger partial charge in [-0.15, -0.1) is 0 Å². The number of carbonyl (C=O) groups excluding carboxylic acids is 3. The Morgan fingerprint density at radius 2 is 1.96 bits per heavy atom. The topological polar surface area (TPSA) is 84.9 Å². The number of hydrogen-bond donors (Lipinski definition) is 1. The van der Waals surface area contributed by atoms with E-state index in [0.717, 1.165) is 5.56 Å². The van der Waals surface area contributed by atoms with Gasteiger partial charge in [0.15, 0.2) is 0 Å². The Balaban J connectivity index is 1.88. The standard InChI is InChI=1S/C20H28N2O5/c1-14(10-11-21-18(24)27-20(2,3)4)17(23)22-16(13-26-19(22)25)12-15-8-6-5-7-9-15/h5-9,14,16H,10-13H2,1-4H3,(H,21,24)/t14-,16+/m1/s1. The fourth-order valence-electron chi connectivity index (χ4n) is 2.83. The molecule has 1 fully saturated rings. The lowest BCUT2D eigenvalue weighted by Crippen LogP contribution is -2.43. The third-order valence-corrected chi connectivity index (χ3v) is 4.18. The molecule has 0 unspecified atom stereocenters. The molecule has 27 heavy (non-hydrogen) atoms. The summed E-state index contributed by atoms with van der Waals surface area (Å²) in [5.41, 5.74) is 0.466. The predicted molar refractivity (Wildman–Crippen MR) is 100 cm³/mol. The molecule has 1 aromatic rings. The summed E-state index contributed by atoms with van der Waals surface area (Å²) in [7, 11) is 0. The number of alkyl carbamates (subject to hydrolysis) is 1. The highest BCUT2D eigenvalue weighted by molar-refractivity contribution is 5.94. The molecule has 1 aromatic carbocycles. The zero-order valence-corrected chi connectivity index (χ0v) is 16.4. The van der Waals surface area contributed by atoms with Crippen LogP contribution in [0.25, 0.3) is 0 Å². The summed E-state index contributed by atoms with van der Waals surface area (Å²) in [6.45, 7) is 7.57. The predicted octanol–water partition coefficient (Wildman–Crippen LogP) is 3.13. The van der Waals surface area contributed by atoms with Crippen molar-refractivity contribution in [2.24, 2.45) is 5.92 Å². The minimum atomic E-state index is -0.604. The maximum absolute atomic E-state index is 12.7. The van der Waals surface area contributed by atoms with Crippen molar-refractivity contribution in [3.05, 3.63) is 35.9 Å². The molecule has 0 spiro atoms. The molecule has 0 aliphatic carbocycles. The minimum Gasteiger partial charge on any atom is -0.447 e. The van der Waals surface area contributed by atoms with E-state index in [9.17, 15) is 14.4 Å². The summed E-state index contributed by atoms with van der Waals surface area (Å²) < 4.78 is 10.3. The number of cyclic esters (lactones) is 1. The van der Waals surface area contributed by atoms with Crippen LogP contribution in [0.3, 0.4) is 0 Å². The van der Waals surface area contributed by atoms with Crippen LogP contribution in [0.5, 0.6) is 0 Å². The molecule has 3 amide bonds. The number of rotatable bonds is 6. The third-order valence-electron chi connectivity index (χ3n) is 4.18. The molecule has 1 aliphatic heterocycles. The van der Waals surface area contributed by atoms with Gasteiger partial charge in [-0.1, -0.05) is 37.3 Å². The van der Waals surface area contributed by atoms with Gasteiger partial charge in [0, 0.05) is 12.5 Å². The minimum absolute atomic E-state index is 0.197. The Morgan fingerprint density at radius 3 is 2.59 bits per heavy atom. The van der Waals surface area contributed by atoms with E-state index in [2.05, 4.69) is 5.32 Å². The van der Waals surface area contributed by atoms with Crippen molar-refractivity contribution in [1.82, 2.24) is 10.2 Å². The Bertz CT molecular complexity index is 669. The van der Waals surface area contributed by atoms with Gasteiger partial charge in [-0.2, -0.15) is 0 Å². The zero-order valence-electron chi connectivity index (χ0n) is 16.4. The molecule has 2 atom stereocenters. The van der Waals surface area contributed by atoms with Crippen molar-refractivity contribution in [2.45, 2.75) is 52.2 Å². The van der Waals surface area contributed by atoms with E-state index in [1.54, 1.807) is 27.7 Å². The first kappa shape index (κ1) is 20.7. The lowest BCUT2D eigenvalue weighted by molar-refractivity contribution is -0.133. The van der Waals surface area contributed by atoms with Crippen LogP contribution >= 0.6 is 0 Å². The van der Waals surface area contributed by atoms with Gasteiger partial charge in [-0.3, -0.25) is 4.79 Å². The number of amides is 3. The Morgan fingerprint density at radius 1 is 1.30 bits per heavy atom. The number of nitrogens with one attached hydrogen (secondary N) is 1. The van der Waals surface area contributed by atoms with Gasteiger partial charge in [0.2, 0.25) is 5.91 Å². The van der Waals surface area contributed by atoms with E-state index in [1.165, 1.54) is 4.90 Å². The Hall–Kier alpha value is -2.57. The number of carbonyl (C=O) groups is 3. The fourth-order valence-corrected chi connectivity index (χ4v) is 2.83. The summed E-state index contributed by atoms with van der Waals surface area (Å²) >= 11 is 0. The first-order valence-electron chi connectivity index (χ1n) is 9.18. The largest absolute Gasteiger partial charge is 0.447 e. The molecule has 0 aromatic heterocycles. The van der Waals surface area contributed by atoms with Crippen molar-refractivity contribution in [1.29, 1.82) is 0 Å². The molecule has 1 saturated heterocycles. The molecule has 7 nitrogen and oxygen atoms in total. The van der Waals surface area contributed by atoms with Crippen LogP contribution < -0.4 is 5.32 Å². The van der Waals surface area contributed by atoms with Gasteiger partial charge in [0.25, 0.3) is 0 Å². The number of imide groups is 1. The summed E-state index contributed by atoms with van der Waals surface area (Å²) in [4.78, 5) is 37.7. The molecule has 1 N–H and O–H groups in total. The van der Waals surface area contributed by atoms with E-state index in [-0.39, 0.29) is 25.1 Å². The van der Waals surface area contributed by atoms with Crippen LogP contribution in [-0.4, -0.2) is 47.8 Å².